The van der Waals surface area contributed by atoms with Crippen LogP contribution in [0.1, 0.15) is 37.1 Å². The van der Waals surface area contributed by atoms with Crippen molar-refractivity contribution in [3.05, 3.63) is 47.9 Å². The summed E-state index contributed by atoms with van der Waals surface area (Å²) >= 11 is 0. The number of fused-ring (bicyclic) bond motifs is 1. The van der Waals surface area contributed by atoms with E-state index in [0.717, 1.165) is 43.6 Å². The molecule has 0 aromatic carbocycles. The zero-order valence-corrected chi connectivity index (χ0v) is 16.0. The molecular formula is C21H27N3O3. The Labute approximate surface area is 160 Å². The normalized spacial score (nSPS) is 28.1. The minimum Gasteiger partial charge on any atom is -0.506 e. The second-order valence-electron chi connectivity index (χ2n) is 7.61. The molecule has 0 amide bonds. The van der Waals surface area contributed by atoms with Crippen molar-refractivity contribution >= 4 is 0 Å². The monoisotopic (exact) mass is 369 g/mol. The lowest BCUT2D eigenvalue weighted by atomic mass is 9.79. The summed E-state index contributed by atoms with van der Waals surface area (Å²) in [6.45, 7) is 3.51. The van der Waals surface area contributed by atoms with Gasteiger partial charge < -0.3 is 14.6 Å². The Morgan fingerprint density at radius 3 is 2.93 bits per heavy atom. The number of hydrogen-bond donors (Lipinski definition) is 1. The van der Waals surface area contributed by atoms with Gasteiger partial charge >= 0.3 is 0 Å². The summed E-state index contributed by atoms with van der Waals surface area (Å²) in [4.78, 5) is 11.2. The minimum atomic E-state index is -0.135. The lowest BCUT2D eigenvalue weighted by molar-refractivity contribution is -0.0844. The molecule has 0 radical (unpaired) electrons. The van der Waals surface area contributed by atoms with Crippen LogP contribution in [0.2, 0.25) is 0 Å². The number of hydrogen-bond acceptors (Lipinski definition) is 6. The second-order valence-corrected chi connectivity index (χ2v) is 7.61. The van der Waals surface area contributed by atoms with Crippen LogP contribution >= 0.6 is 0 Å². The van der Waals surface area contributed by atoms with Crippen molar-refractivity contribution in [2.24, 2.45) is 0 Å². The Balaban J connectivity index is 1.51. The largest absolute Gasteiger partial charge is 0.506 e. The summed E-state index contributed by atoms with van der Waals surface area (Å²) in [5.74, 6) is 0.933. The number of rotatable bonds is 5. The predicted molar refractivity (Wildman–Crippen MR) is 102 cm³/mol. The van der Waals surface area contributed by atoms with Crippen LogP contribution in [0.4, 0.5) is 0 Å². The number of nitrogens with zero attached hydrogens (tertiary/aromatic N) is 3. The molecule has 0 spiro atoms. The van der Waals surface area contributed by atoms with Crippen molar-refractivity contribution in [2.75, 3.05) is 13.7 Å². The molecule has 3 unspecified atom stereocenters. The fraction of sp³-hybridized carbons (Fsp3) is 0.524. The van der Waals surface area contributed by atoms with Gasteiger partial charge in [-0.15, -0.1) is 0 Å². The lowest BCUT2D eigenvalue weighted by Crippen LogP contribution is -2.52. The van der Waals surface area contributed by atoms with Gasteiger partial charge in [0.2, 0.25) is 5.88 Å². The van der Waals surface area contributed by atoms with E-state index in [0.29, 0.717) is 12.4 Å². The molecule has 0 bridgehead atoms. The van der Waals surface area contributed by atoms with Gasteiger partial charge in [0.05, 0.1) is 11.3 Å². The van der Waals surface area contributed by atoms with E-state index in [9.17, 15) is 5.11 Å². The Hall–Kier alpha value is -2.18. The zero-order valence-electron chi connectivity index (χ0n) is 16.0. The van der Waals surface area contributed by atoms with Gasteiger partial charge in [-0.2, -0.15) is 0 Å². The van der Waals surface area contributed by atoms with Crippen LogP contribution in [0.25, 0.3) is 0 Å². The molecule has 3 heterocycles. The van der Waals surface area contributed by atoms with E-state index in [1.165, 1.54) is 0 Å². The average molecular weight is 369 g/mol. The molecule has 1 saturated heterocycles. The average Bonchev–Trinajstić information content (AvgIpc) is 3.04. The quantitative estimate of drug-likeness (QED) is 0.874. The summed E-state index contributed by atoms with van der Waals surface area (Å²) in [6.07, 6.45) is 5.69. The second kappa shape index (κ2) is 7.44. The van der Waals surface area contributed by atoms with Crippen LogP contribution < -0.4 is 4.74 Å². The standard InChI is InChI=1S/C21H27N3O3/c1-15-6-7-18(25)17(23-15)14-24-12-10-21(26-2)9-8-16(13-19(21)24)27-20-5-3-4-11-22-20/h3-7,11,16,19,25H,8-10,12-14H2,1-2H3. The van der Waals surface area contributed by atoms with Crippen LogP contribution in [0.15, 0.2) is 36.5 Å². The molecule has 6 heteroatoms. The Kier molecular flexibility index (Phi) is 5.02. The summed E-state index contributed by atoms with van der Waals surface area (Å²) in [7, 11) is 1.82. The highest BCUT2D eigenvalue weighted by atomic mass is 16.5. The molecular weight excluding hydrogens is 342 g/mol. The number of ether oxygens (including phenoxy) is 2. The van der Waals surface area contributed by atoms with Gasteiger partial charge in [0, 0.05) is 50.6 Å². The highest BCUT2D eigenvalue weighted by Gasteiger charge is 2.51. The van der Waals surface area contributed by atoms with Crippen molar-refractivity contribution < 1.29 is 14.6 Å². The first-order chi connectivity index (χ1) is 13.1. The number of aromatic nitrogens is 2. The van der Waals surface area contributed by atoms with E-state index in [1.807, 2.05) is 38.3 Å². The predicted octanol–water partition coefficient (Wildman–Crippen LogP) is 3.08. The summed E-state index contributed by atoms with van der Waals surface area (Å²) < 4.78 is 12.2. The van der Waals surface area contributed by atoms with Gasteiger partial charge in [0.25, 0.3) is 0 Å². The highest BCUT2D eigenvalue weighted by Crippen LogP contribution is 2.44. The van der Waals surface area contributed by atoms with Crippen molar-refractivity contribution in [1.82, 2.24) is 14.9 Å². The number of aromatic hydroxyl groups is 1. The molecule has 144 valence electrons. The van der Waals surface area contributed by atoms with E-state index < -0.39 is 0 Å². The van der Waals surface area contributed by atoms with E-state index in [4.69, 9.17) is 9.47 Å². The van der Waals surface area contributed by atoms with E-state index in [-0.39, 0.29) is 23.5 Å². The third-order valence-electron chi connectivity index (χ3n) is 6.02. The molecule has 1 aliphatic carbocycles. The highest BCUT2D eigenvalue weighted by molar-refractivity contribution is 5.28. The number of aryl methyl sites for hydroxylation is 1. The maximum absolute atomic E-state index is 10.2. The van der Waals surface area contributed by atoms with Crippen molar-refractivity contribution in [1.29, 1.82) is 0 Å². The molecule has 2 aromatic heterocycles. The first-order valence-electron chi connectivity index (χ1n) is 9.62. The summed E-state index contributed by atoms with van der Waals surface area (Å²) in [6, 6.07) is 9.54. The van der Waals surface area contributed by atoms with Crippen LogP contribution in [-0.2, 0) is 11.3 Å². The molecule has 1 aliphatic heterocycles. The van der Waals surface area contributed by atoms with Gasteiger partial charge in [0.1, 0.15) is 11.9 Å². The smallest absolute Gasteiger partial charge is 0.213 e. The molecule has 2 fully saturated rings. The molecule has 3 atom stereocenters. The van der Waals surface area contributed by atoms with Gasteiger partial charge in [-0.05, 0) is 44.4 Å². The Bertz CT molecular complexity index is 785. The minimum absolute atomic E-state index is 0.118. The molecule has 1 saturated carbocycles. The van der Waals surface area contributed by atoms with E-state index in [1.54, 1.807) is 12.3 Å². The van der Waals surface area contributed by atoms with Crippen LogP contribution in [0, 0.1) is 6.92 Å². The molecule has 2 aromatic rings. The van der Waals surface area contributed by atoms with Gasteiger partial charge in [-0.25, -0.2) is 4.98 Å². The SMILES string of the molecule is COC12CCC(Oc3ccccn3)CC1N(Cc1nc(C)ccc1O)CC2. The summed E-state index contributed by atoms with van der Waals surface area (Å²) in [5.41, 5.74) is 1.51. The Morgan fingerprint density at radius 2 is 2.15 bits per heavy atom. The fourth-order valence-electron chi connectivity index (χ4n) is 4.55. The maximum atomic E-state index is 10.2. The number of pyridine rings is 2. The zero-order chi connectivity index (χ0) is 18.9. The van der Waals surface area contributed by atoms with Crippen LogP contribution in [-0.4, -0.2) is 51.4 Å². The van der Waals surface area contributed by atoms with Gasteiger partial charge in [0.15, 0.2) is 0 Å². The first-order valence-corrected chi connectivity index (χ1v) is 9.62. The molecule has 2 aliphatic rings. The van der Waals surface area contributed by atoms with Crippen molar-refractivity contribution in [2.45, 2.75) is 56.9 Å². The van der Waals surface area contributed by atoms with Crippen molar-refractivity contribution in [3.8, 4) is 11.6 Å². The van der Waals surface area contributed by atoms with Crippen LogP contribution in [0.5, 0.6) is 11.6 Å². The Morgan fingerprint density at radius 1 is 1.26 bits per heavy atom. The third kappa shape index (κ3) is 3.64. The van der Waals surface area contributed by atoms with E-state index >= 15 is 0 Å². The molecule has 27 heavy (non-hydrogen) atoms. The van der Waals surface area contributed by atoms with Gasteiger partial charge in [-0.3, -0.25) is 9.88 Å². The molecule has 6 nitrogen and oxygen atoms in total. The first kappa shape index (κ1) is 18.2. The topological polar surface area (TPSA) is 67.7 Å². The number of methoxy groups -OCH3 is 1. The van der Waals surface area contributed by atoms with Gasteiger partial charge in [-0.1, -0.05) is 6.07 Å². The van der Waals surface area contributed by atoms with E-state index in [2.05, 4.69) is 14.9 Å². The third-order valence-corrected chi connectivity index (χ3v) is 6.02. The molecule has 1 N–H and O–H groups in total. The fourth-order valence-corrected chi connectivity index (χ4v) is 4.55. The summed E-state index contributed by atoms with van der Waals surface area (Å²) in [5, 5.41) is 10.2. The van der Waals surface area contributed by atoms with Crippen molar-refractivity contribution in [3.63, 3.8) is 0 Å². The van der Waals surface area contributed by atoms with Crippen LogP contribution in [0.3, 0.4) is 0 Å². The molecule has 4 rings (SSSR count). The lowest BCUT2D eigenvalue weighted by Gasteiger charge is -2.43. The number of likely N-dealkylation sites (tertiary alicyclic amines) is 1. The maximum Gasteiger partial charge on any atom is 0.213 e.